The van der Waals surface area contributed by atoms with E-state index in [1.165, 1.54) is 0 Å². The number of nitrogens with zero attached hydrogens (tertiary/aromatic N) is 2. The third-order valence-corrected chi connectivity index (χ3v) is 1.84. The summed E-state index contributed by atoms with van der Waals surface area (Å²) >= 11 is 0. The van der Waals surface area contributed by atoms with Crippen molar-refractivity contribution in [1.82, 2.24) is 4.98 Å². The Bertz CT molecular complexity index is 498. The average molecular weight is 229 g/mol. The number of nitrogen functional groups attached to an aromatic ring is 1. The minimum absolute atomic E-state index is 0.567. The van der Waals surface area contributed by atoms with Gasteiger partial charge >= 0.3 is 0 Å². The molecule has 90 valence electrons. The molecule has 0 atom stereocenters. The van der Waals surface area contributed by atoms with E-state index >= 15 is 0 Å². The Morgan fingerprint density at radius 3 is 2.35 bits per heavy atom. The van der Waals surface area contributed by atoms with Crippen LogP contribution in [0.1, 0.15) is 33.3 Å². The van der Waals surface area contributed by atoms with Crippen LogP contribution in [-0.4, -0.2) is 4.98 Å². The molecule has 0 spiro atoms. The van der Waals surface area contributed by atoms with E-state index in [2.05, 4.69) is 4.98 Å². The molecule has 0 radical (unpaired) electrons. The number of pyridine rings is 1. The van der Waals surface area contributed by atoms with Gasteiger partial charge in [0.15, 0.2) is 0 Å². The zero-order valence-electron chi connectivity index (χ0n) is 10.9. The summed E-state index contributed by atoms with van der Waals surface area (Å²) in [6, 6.07) is 9.28. The van der Waals surface area contributed by atoms with Crippen LogP contribution in [0.4, 0.5) is 5.69 Å². The van der Waals surface area contributed by atoms with Gasteiger partial charge in [0.2, 0.25) is 0 Å². The third kappa shape index (κ3) is 4.12. The molecule has 3 heteroatoms. The second-order valence-electron chi connectivity index (χ2n) is 2.79. The Morgan fingerprint density at radius 2 is 1.76 bits per heavy atom. The first-order chi connectivity index (χ1) is 8.29. The van der Waals surface area contributed by atoms with E-state index < -0.39 is 0 Å². The van der Waals surface area contributed by atoms with Crippen molar-refractivity contribution in [2.45, 2.75) is 27.7 Å². The second-order valence-corrected chi connectivity index (χ2v) is 2.79. The summed E-state index contributed by atoms with van der Waals surface area (Å²) in [6.07, 6.45) is 1.54. The molecule has 17 heavy (non-hydrogen) atoms. The fourth-order valence-corrected chi connectivity index (χ4v) is 1.20. The molecule has 0 saturated heterocycles. The van der Waals surface area contributed by atoms with Gasteiger partial charge in [-0.15, -0.1) is 0 Å². The lowest BCUT2D eigenvalue weighted by atomic mass is 10.1. The molecule has 0 aliphatic carbocycles. The van der Waals surface area contributed by atoms with Crippen molar-refractivity contribution in [3.63, 3.8) is 0 Å². The number of hydrogen-bond donors (Lipinski definition) is 1. The van der Waals surface area contributed by atoms with Gasteiger partial charge < -0.3 is 5.73 Å². The molecule has 0 aliphatic heterocycles. The topological polar surface area (TPSA) is 62.7 Å². The minimum Gasteiger partial charge on any atom is -0.399 e. The van der Waals surface area contributed by atoms with Crippen LogP contribution in [0, 0.1) is 11.3 Å². The zero-order chi connectivity index (χ0) is 13.3. The summed E-state index contributed by atoms with van der Waals surface area (Å²) in [5.41, 5.74) is 7.66. The summed E-state index contributed by atoms with van der Waals surface area (Å²) in [4.78, 5) is 4.11. The van der Waals surface area contributed by atoms with E-state index in [0.29, 0.717) is 11.3 Å². The first kappa shape index (κ1) is 14.9. The number of aromatic nitrogens is 1. The van der Waals surface area contributed by atoms with Crippen molar-refractivity contribution in [1.29, 1.82) is 5.26 Å². The fraction of sp³-hybridized carbons (Fsp3) is 0.286. The van der Waals surface area contributed by atoms with Crippen molar-refractivity contribution in [3.8, 4) is 6.07 Å². The molecule has 0 saturated carbocycles. The number of nitrogens with two attached hydrogens (primary N) is 1. The van der Waals surface area contributed by atoms with Crippen LogP contribution in [0.3, 0.4) is 0 Å². The SMILES string of the molecule is CC.CC.N#Cc1cnc2cc(N)ccc2c1. The highest BCUT2D eigenvalue weighted by Gasteiger charge is 1.96. The van der Waals surface area contributed by atoms with Gasteiger partial charge in [0.05, 0.1) is 11.1 Å². The maximum absolute atomic E-state index is 8.64. The number of nitriles is 1. The van der Waals surface area contributed by atoms with E-state index in [-0.39, 0.29) is 0 Å². The van der Waals surface area contributed by atoms with E-state index in [4.69, 9.17) is 11.0 Å². The molecular weight excluding hydrogens is 210 g/mol. The molecule has 3 nitrogen and oxygen atoms in total. The molecule has 1 aromatic carbocycles. The van der Waals surface area contributed by atoms with Gasteiger partial charge in [0, 0.05) is 17.3 Å². The van der Waals surface area contributed by atoms with E-state index in [9.17, 15) is 0 Å². The summed E-state index contributed by atoms with van der Waals surface area (Å²) in [5, 5.41) is 9.58. The average Bonchev–Trinajstić information content (AvgIpc) is 2.42. The Kier molecular flexibility index (Phi) is 7.12. The molecule has 2 aromatic rings. The Labute approximate surface area is 103 Å². The van der Waals surface area contributed by atoms with Crippen LogP contribution < -0.4 is 5.73 Å². The molecule has 0 aliphatic rings. The predicted molar refractivity (Wildman–Crippen MR) is 73.6 cm³/mol. The molecule has 0 fully saturated rings. The van der Waals surface area contributed by atoms with Crippen LogP contribution in [0.25, 0.3) is 10.9 Å². The molecule has 1 aromatic heterocycles. The molecule has 0 amide bonds. The van der Waals surface area contributed by atoms with E-state index in [0.717, 1.165) is 10.9 Å². The van der Waals surface area contributed by atoms with Gasteiger partial charge in [-0.25, -0.2) is 0 Å². The smallest absolute Gasteiger partial charge is 0.101 e. The van der Waals surface area contributed by atoms with Crippen molar-refractivity contribution in [3.05, 3.63) is 36.0 Å². The highest BCUT2D eigenvalue weighted by molar-refractivity contribution is 5.82. The van der Waals surface area contributed by atoms with Crippen LogP contribution >= 0.6 is 0 Å². The largest absolute Gasteiger partial charge is 0.399 e. The molecule has 2 rings (SSSR count). The standard InChI is InChI=1S/C10H7N3.2C2H6/c11-5-7-3-8-1-2-9(12)4-10(8)13-6-7;2*1-2/h1-4,6H,12H2;2*1-2H3. The number of rotatable bonds is 0. The summed E-state index contributed by atoms with van der Waals surface area (Å²) in [7, 11) is 0. The van der Waals surface area contributed by atoms with Crippen molar-refractivity contribution < 1.29 is 0 Å². The Morgan fingerprint density at radius 1 is 1.12 bits per heavy atom. The van der Waals surface area contributed by atoms with Crippen LogP contribution in [0.5, 0.6) is 0 Å². The number of benzene rings is 1. The fourth-order valence-electron chi connectivity index (χ4n) is 1.20. The van der Waals surface area contributed by atoms with E-state index in [1.54, 1.807) is 24.4 Å². The van der Waals surface area contributed by atoms with Crippen LogP contribution in [0.15, 0.2) is 30.5 Å². The minimum atomic E-state index is 0.567. The first-order valence-electron chi connectivity index (χ1n) is 5.85. The Hall–Kier alpha value is -2.08. The highest BCUT2D eigenvalue weighted by Crippen LogP contribution is 2.15. The number of anilines is 1. The molecule has 1 heterocycles. The molecule has 0 unspecified atom stereocenters. The van der Waals surface area contributed by atoms with Crippen molar-refractivity contribution >= 4 is 16.6 Å². The lowest BCUT2D eigenvalue weighted by Crippen LogP contribution is -1.86. The lowest BCUT2D eigenvalue weighted by Gasteiger charge is -1.97. The Balaban J connectivity index is 0.000000581. The molecule has 2 N–H and O–H groups in total. The van der Waals surface area contributed by atoms with Crippen molar-refractivity contribution in [2.24, 2.45) is 0 Å². The monoisotopic (exact) mass is 229 g/mol. The van der Waals surface area contributed by atoms with Gasteiger partial charge in [-0.1, -0.05) is 33.8 Å². The number of hydrogen-bond acceptors (Lipinski definition) is 3. The molecule has 0 bridgehead atoms. The van der Waals surface area contributed by atoms with Gasteiger partial charge in [0.25, 0.3) is 0 Å². The van der Waals surface area contributed by atoms with Crippen LogP contribution in [0.2, 0.25) is 0 Å². The maximum atomic E-state index is 8.64. The summed E-state index contributed by atoms with van der Waals surface area (Å²) < 4.78 is 0. The van der Waals surface area contributed by atoms with Crippen molar-refractivity contribution in [2.75, 3.05) is 5.73 Å². The lowest BCUT2D eigenvalue weighted by molar-refractivity contribution is 1.37. The van der Waals surface area contributed by atoms with E-state index in [1.807, 2.05) is 39.8 Å². The normalized spacial score (nSPS) is 8.18. The second kappa shape index (κ2) is 8.12. The van der Waals surface area contributed by atoms with Crippen LogP contribution in [-0.2, 0) is 0 Å². The maximum Gasteiger partial charge on any atom is 0.101 e. The first-order valence-corrected chi connectivity index (χ1v) is 5.85. The third-order valence-electron chi connectivity index (χ3n) is 1.84. The summed E-state index contributed by atoms with van der Waals surface area (Å²) in [5.74, 6) is 0. The number of fused-ring (bicyclic) bond motifs is 1. The van der Waals surface area contributed by atoms with Gasteiger partial charge in [0.1, 0.15) is 6.07 Å². The van der Waals surface area contributed by atoms with Gasteiger partial charge in [-0.05, 0) is 18.2 Å². The van der Waals surface area contributed by atoms with Gasteiger partial charge in [-0.3, -0.25) is 4.98 Å². The summed E-state index contributed by atoms with van der Waals surface area (Å²) in [6.45, 7) is 8.00. The predicted octanol–water partition coefficient (Wildman–Crippen LogP) is 3.74. The highest BCUT2D eigenvalue weighted by atomic mass is 14.7. The zero-order valence-corrected chi connectivity index (χ0v) is 10.9. The van der Waals surface area contributed by atoms with Gasteiger partial charge in [-0.2, -0.15) is 5.26 Å². The molecular formula is C14H19N3. The quantitative estimate of drug-likeness (QED) is 0.700.